The number of benzene rings is 1. The van der Waals surface area contributed by atoms with Gasteiger partial charge in [0.05, 0.1) is 5.56 Å². The van der Waals surface area contributed by atoms with Gasteiger partial charge in [-0.05, 0) is 30.5 Å². The third-order valence-electron chi connectivity index (χ3n) is 2.75. The molecule has 0 heterocycles. The van der Waals surface area contributed by atoms with Crippen molar-refractivity contribution in [1.82, 2.24) is 5.32 Å². The average molecular weight is 296 g/mol. The molecule has 21 heavy (non-hydrogen) atoms. The van der Waals surface area contributed by atoms with E-state index in [1.54, 1.807) is 20.8 Å². The van der Waals surface area contributed by atoms with Gasteiger partial charge in [0.25, 0.3) is 5.91 Å². The van der Waals surface area contributed by atoms with Gasteiger partial charge in [-0.25, -0.2) is 14.0 Å². The van der Waals surface area contributed by atoms with Gasteiger partial charge in [-0.2, -0.15) is 0 Å². The molecule has 0 bridgehead atoms. The molecule has 1 aromatic rings. The second-order valence-electron chi connectivity index (χ2n) is 4.89. The van der Waals surface area contributed by atoms with E-state index < -0.39 is 29.8 Å². The van der Waals surface area contributed by atoms with E-state index in [-0.39, 0.29) is 11.5 Å². The predicted octanol–water partition coefficient (Wildman–Crippen LogP) is 1.51. The zero-order valence-corrected chi connectivity index (χ0v) is 12.0. The molecule has 0 aliphatic heterocycles. The summed E-state index contributed by atoms with van der Waals surface area (Å²) in [6.07, 6.45) is -1.20. The van der Waals surface area contributed by atoms with E-state index in [2.05, 4.69) is 0 Å². The summed E-state index contributed by atoms with van der Waals surface area (Å²) in [6, 6.07) is 2.81. The molecule has 1 atom stereocenters. The van der Waals surface area contributed by atoms with Crippen molar-refractivity contribution in [1.29, 1.82) is 0 Å². The number of aryl methyl sites for hydroxylation is 1. The Morgan fingerprint density at radius 1 is 1.29 bits per heavy atom. The Morgan fingerprint density at radius 3 is 2.38 bits per heavy atom. The minimum absolute atomic E-state index is 0.0179. The fourth-order valence-corrected chi connectivity index (χ4v) is 1.59. The number of primary amides is 1. The van der Waals surface area contributed by atoms with Crippen LogP contribution in [-0.4, -0.2) is 24.0 Å². The maximum atomic E-state index is 13.4. The molecule has 1 rings (SSSR count). The van der Waals surface area contributed by atoms with Crippen LogP contribution in [0.2, 0.25) is 0 Å². The number of nitrogens with two attached hydrogens (primary N) is 1. The lowest BCUT2D eigenvalue weighted by atomic mass is 10.1. The largest absolute Gasteiger partial charge is 0.448 e. The van der Waals surface area contributed by atoms with E-state index in [0.717, 1.165) is 6.07 Å². The lowest BCUT2D eigenvalue weighted by Gasteiger charge is -2.19. The van der Waals surface area contributed by atoms with Crippen molar-refractivity contribution in [3.8, 4) is 0 Å². The third kappa shape index (κ3) is 4.55. The quantitative estimate of drug-likeness (QED) is 0.823. The van der Waals surface area contributed by atoms with Crippen molar-refractivity contribution in [3.63, 3.8) is 0 Å². The van der Waals surface area contributed by atoms with Gasteiger partial charge in [0.1, 0.15) is 5.82 Å². The number of amides is 3. The molecule has 114 valence electrons. The molecule has 0 aromatic heterocycles. The SMILES string of the molecule is Cc1ccc(C(=O)O[C@@H](C(=O)NC(N)=O)C(C)C)cc1F. The van der Waals surface area contributed by atoms with Crippen LogP contribution < -0.4 is 11.1 Å². The number of hydrogen-bond donors (Lipinski definition) is 2. The van der Waals surface area contributed by atoms with Crippen LogP contribution in [0.1, 0.15) is 29.8 Å². The van der Waals surface area contributed by atoms with Crippen LogP contribution in [0, 0.1) is 18.7 Å². The van der Waals surface area contributed by atoms with Gasteiger partial charge in [-0.3, -0.25) is 10.1 Å². The second kappa shape index (κ2) is 6.83. The van der Waals surface area contributed by atoms with Gasteiger partial charge in [0.2, 0.25) is 0 Å². The normalized spacial score (nSPS) is 11.9. The fourth-order valence-electron chi connectivity index (χ4n) is 1.59. The monoisotopic (exact) mass is 296 g/mol. The molecule has 3 amide bonds. The van der Waals surface area contributed by atoms with Crippen LogP contribution in [-0.2, 0) is 9.53 Å². The van der Waals surface area contributed by atoms with E-state index in [1.807, 2.05) is 5.32 Å². The molecule has 0 radical (unpaired) electrons. The Hall–Kier alpha value is -2.44. The van der Waals surface area contributed by atoms with Crippen molar-refractivity contribution in [3.05, 3.63) is 35.1 Å². The lowest BCUT2D eigenvalue weighted by molar-refractivity contribution is -0.130. The molecule has 0 unspecified atom stereocenters. The first-order chi connectivity index (χ1) is 9.72. The molecular weight excluding hydrogens is 279 g/mol. The van der Waals surface area contributed by atoms with Crippen LogP contribution >= 0.6 is 0 Å². The van der Waals surface area contributed by atoms with E-state index in [4.69, 9.17) is 10.5 Å². The Balaban J connectivity index is 2.88. The maximum absolute atomic E-state index is 13.4. The number of carbonyl (C=O) groups excluding carboxylic acids is 3. The fraction of sp³-hybridized carbons (Fsp3) is 0.357. The number of ether oxygens (including phenoxy) is 1. The summed E-state index contributed by atoms with van der Waals surface area (Å²) in [5.41, 5.74) is 5.22. The number of carbonyl (C=O) groups is 3. The first kappa shape index (κ1) is 16.6. The van der Waals surface area contributed by atoms with Crippen LogP contribution in [0.5, 0.6) is 0 Å². The predicted molar refractivity (Wildman–Crippen MR) is 72.9 cm³/mol. The number of urea groups is 1. The molecule has 0 fully saturated rings. The first-order valence-electron chi connectivity index (χ1n) is 6.29. The number of nitrogens with one attached hydrogen (secondary N) is 1. The third-order valence-corrected chi connectivity index (χ3v) is 2.75. The Kier molecular flexibility index (Phi) is 5.40. The van der Waals surface area contributed by atoms with E-state index in [0.29, 0.717) is 5.56 Å². The highest BCUT2D eigenvalue weighted by Crippen LogP contribution is 2.14. The number of imide groups is 1. The highest BCUT2D eigenvalue weighted by Gasteiger charge is 2.28. The molecule has 6 nitrogen and oxygen atoms in total. The van der Waals surface area contributed by atoms with Crippen molar-refractivity contribution in [2.24, 2.45) is 11.7 Å². The van der Waals surface area contributed by atoms with Crippen LogP contribution in [0.3, 0.4) is 0 Å². The number of esters is 1. The molecule has 3 N–H and O–H groups in total. The molecule has 0 aliphatic rings. The van der Waals surface area contributed by atoms with Crippen molar-refractivity contribution in [2.75, 3.05) is 0 Å². The molecule has 0 spiro atoms. The van der Waals surface area contributed by atoms with Crippen LogP contribution in [0.25, 0.3) is 0 Å². The maximum Gasteiger partial charge on any atom is 0.339 e. The molecule has 0 saturated heterocycles. The van der Waals surface area contributed by atoms with E-state index in [1.165, 1.54) is 12.1 Å². The minimum atomic E-state index is -1.20. The molecule has 1 aromatic carbocycles. The molecule has 0 aliphatic carbocycles. The first-order valence-corrected chi connectivity index (χ1v) is 6.29. The van der Waals surface area contributed by atoms with Gasteiger partial charge in [0.15, 0.2) is 6.10 Å². The molecule has 7 heteroatoms. The topological polar surface area (TPSA) is 98.5 Å². The van der Waals surface area contributed by atoms with Crippen LogP contribution in [0.4, 0.5) is 9.18 Å². The summed E-state index contributed by atoms with van der Waals surface area (Å²) in [5.74, 6) is -2.61. The highest BCUT2D eigenvalue weighted by atomic mass is 19.1. The van der Waals surface area contributed by atoms with E-state index >= 15 is 0 Å². The van der Waals surface area contributed by atoms with Gasteiger partial charge >= 0.3 is 12.0 Å². The summed E-state index contributed by atoms with van der Waals surface area (Å²) in [5, 5.41) is 1.85. The Labute approximate surface area is 121 Å². The average Bonchev–Trinajstić information content (AvgIpc) is 2.37. The highest BCUT2D eigenvalue weighted by molar-refractivity contribution is 5.98. The standard InChI is InChI=1S/C14H17FN2O4/c1-7(2)11(12(18)17-14(16)20)21-13(19)9-5-4-8(3)10(15)6-9/h4-7,11H,1-3H3,(H3,16,17,18,20)/t11-/m1/s1. The van der Waals surface area contributed by atoms with Crippen LogP contribution in [0.15, 0.2) is 18.2 Å². The van der Waals surface area contributed by atoms with Crippen molar-refractivity contribution >= 4 is 17.9 Å². The second-order valence-corrected chi connectivity index (χ2v) is 4.89. The van der Waals surface area contributed by atoms with Crippen molar-refractivity contribution in [2.45, 2.75) is 26.9 Å². The molecular formula is C14H17FN2O4. The Morgan fingerprint density at radius 2 is 1.90 bits per heavy atom. The van der Waals surface area contributed by atoms with Crippen molar-refractivity contribution < 1.29 is 23.5 Å². The lowest BCUT2D eigenvalue weighted by Crippen LogP contribution is -2.45. The van der Waals surface area contributed by atoms with Gasteiger partial charge in [-0.1, -0.05) is 19.9 Å². The van der Waals surface area contributed by atoms with Gasteiger partial charge in [-0.15, -0.1) is 0 Å². The summed E-state index contributed by atoms with van der Waals surface area (Å²) in [6.45, 7) is 4.82. The molecule has 0 saturated carbocycles. The summed E-state index contributed by atoms with van der Waals surface area (Å²) in [4.78, 5) is 34.3. The van der Waals surface area contributed by atoms with E-state index in [9.17, 15) is 18.8 Å². The smallest absolute Gasteiger partial charge is 0.339 e. The Bertz CT molecular complexity index is 572. The summed E-state index contributed by atoms with van der Waals surface area (Å²) >= 11 is 0. The summed E-state index contributed by atoms with van der Waals surface area (Å²) in [7, 11) is 0. The zero-order valence-electron chi connectivity index (χ0n) is 12.0. The summed E-state index contributed by atoms with van der Waals surface area (Å²) < 4.78 is 18.4. The van der Waals surface area contributed by atoms with Gasteiger partial charge in [0, 0.05) is 0 Å². The number of rotatable bonds is 4. The van der Waals surface area contributed by atoms with Gasteiger partial charge < -0.3 is 10.5 Å². The zero-order chi connectivity index (χ0) is 16.2. The minimum Gasteiger partial charge on any atom is -0.448 e. The number of halogens is 1. The number of hydrogen-bond acceptors (Lipinski definition) is 4.